The number of halogens is 4. The van der Waals surface area contributed by atoms with Crippen LogP contribution in [0, 0.1) is 0 Å². The number of aromatic nitrogens is 1. The van der Waals surface area contributed by atoms with Crippen LogP contribution in [0.3, 0.4) is 0 Å². The zero-order valence-electron chi connectivity index (χ0n) is 20.9. The van der Waals surface area contributed by atoms with Crippen LogP contribution < -0.4 is 4.90 Å². The minimum Gasteiger partial charge on any atom is -0.465 e. The Morgan fingerprint density at radius 1 is 1.13 bits per heavy atom. The summed E-state index contributed by atoms with van der Waals surface area (Å²) in [7, 11) is 1.34. The second-order valence-corrected chi connectivity index (χ2v) is 10.3. The van der Waals surface area contributed by atoms with Gasteiger partial charge in [0.25, 0.3) is 0 Å². The molecule has 4 heterocycles. The number of carbonyl (C=O) groups excluding carboxylic acids is 2. The highest BCUT2D eigenvalue weighted by atomic mass is 35.5. The minimum atomic E-state index is -4.52. The zero-order valence-corrected chi connectivity index (χ0v) is 21.6. The lowest BCUT2D eigenvalue weighted by molar-refractivity contribution is -0.137. The second kappa shape index (κ2) is 10.6. The van der Waals surface area contributed by atoms with Crippen LogP contribution in [0.2, 0.25) is 5.02 Å². The van der Waals surface area contributed by atoms with E-state index in [2.05, 4.69) is 14.8 Å². The number of piperazine rings is 1. The molecule has 2 atom stereocenters. The monoisotopic (exact) mass is 548 g/mol. The number of anilines is 1. The van der Waals surface area contributed by atoms with Crippen molar-refractivity contribution in [1.82, 2.24) is 14.8 Å². The number of esters is 1. The van der Waals surface area contributed by atoms with Crippen molar-refractivity contribution in [3.63, 3.8) is 0 Å². The first-order chi connectivity index (χ1) is 18.1. The molecule has 2 bridgehead atoms. The Morgan fingerprint density at radius 2 is 1.87 bits per heavy atom. The van der Waals surface area contributed by atoms with Crippen LogP contribution in [-0.2, 0) is 15.7 Å². The molecule has 202 valence electrons. The van der Waals surface area contributed by atoms with Crippen LogP contribution >= 0.6 is 11.6 Å². The van der Waals surface area contributed by atoms with Gasteiger partial charge in [0, 0.05) is 44.5 Å². The van der Waals surface area contributed by atoms with Crippen molar-refractivity contribution in [1.29, 1.82) is 0 Å². The lowest BCUT2D eigenvalue weighted by Gasteiger charge is -2.42. The number of hydrogen-bond acceptors (Lipinski definition) is 6. The molecular weight excluding hydrogens is 521 g/mol. The van der Waals surface area contributed by atoms with Gasteiger partial charge in [-0.05, 0) is 54.7 Å². The average Bonchev–Trinajstić information content (AvgIpc) is 3.18. The van der Waals surface area contributed by atoms with Gasteiger partial charge in [-0.2, -0.15) is 13.2 Å². The van der Waals surface area contributed by atoms with Crippen molar-refractivity contribution in [3.8, 4) is 0 Å². The first-order valence-corrected chi connectivity index (χ1v) is 12.9. The molecule has 0 saturated carbocycles. The molecule has 38 heavy (non-hydrogen) atoms. The summed E-state index contributed by atoms with van der Waals surface area (Å²) < 4.78 is 44.5. The standard InChI is InChI=1S/C27H28ClF3N4O3/c1-38-26(37)19-3-7-24(32-13-19)35-20-4-5-21(35)15-33(14-20)16-25(36)34-10-8-17(9-11-34)18-2-6-23(28)22(12-18)27(29,30)31/h2-3,6-8,12-13,20-21H,4-5,9-11,14-16H2,1H3. The van der Waals surface area contributed by atoms with Crippen molar-refractivity contribution in [2.45, 2.75) is 37.5 Å². The Kier molecular flexibility index (Phi) is 7.37. The molecule has 3 aliphatic rings. The van der Waals surface area contributed by atoms with E-state index in [1.807, 2.05) is 12.1 Å². The molecule has 0 N–H and O–H groups in total. The van der Waals surface area contributed by atoms with Crippen LogP contribution in [0.1, 0.15) is 40.7 Å². The van der Waals surface area contributed by atoms with Gasteiger partial charge in [-0.3, -0.25) is 9.69 Å². The van der Waals surface area contributed by atoms with Gasteiger partial charge < -0.3 is 14.5 Å². The van der Waals surface area contributed by atoms with Crippen LogP contribution in [0.25, 0.3) is 5.57 Å². The van der Waals surface area contributed by atoms with Crippen LogP contribution in [0.4, 0.5) is 19.0 Å². The van der Waals surface area contributed by atoms with E-state index >= 15 is 0 Å². The third kappa shape index (κ3) is 5.37. The molecule has 1 amide bonds. The molecule has 1 aromatic carbocycles. The predicted octanol–water partition coefficient (Wildman–Crippen LogP) is 4.51. The van der Waals surface area contributed by atoms with Crippen molar-refractivity contribution in [3.05, 3.63) is 64.3 Å². The fourth-order valence-electron chi connectivity index (χ4n) is 5.66. The van der Waals surface area contributed by atoms with E-state index in [9.17, 15) is 22.8 Å². The number of pyridine rings is 1. The van der Waals surface area contributed by atoms with E-state index in [1.54, 1.807) is 17.0 Å². The van der Waals surface area contributed by atoms with Gasteiger partial charge in [-0.1, -0.05) is 23.7 Å². The topological polar surface area (TPSA) is 66.0 Å². The fourth-order valence-corrected chi connectivity index (χ4v) is 5.89. The smallest absolute Gasteiger partial charge is 0.417 e. The van der Waals surface area contributed by atoms with E-state index in [0.717, 1.165) is 43.4 Å². The largest absolute Gasteiger partial charge is 0.465 e. The summed E-state index contributed by atoms with van der Waals surface area (Å²) in [5.41, 5.74) is 0.825. The molecule has 7 nitrogen and oxygen atoms in total. The molecule has 0 spiro atoms. The molecule has 2 aromatic rings. The van der Waals surface area contributed by atoms with E-state index < -0.39 is 17.7 Å². The minimum absolute atomic E-state index is 0.0146. The molecule has 3 aliphatic heterocycles. The van der Waals surface area contributed by atoms with Gasteiger partial charge in [0.15, 0.2) is 0 Å². The summed E-state index contributed by atoms with van der Waals surface area (Å²) in [6.07, 6.45) is 1.34. The number of hydrogen-bond donors (Lipinski definition) is 0. The molecule has 2 unspecified atom stereocenters. The van der Waals surface area contributed by atoms with Crippen molar-refractivity contribution < 1.29 is 27.5 Å². The van der Waals surface area contributed by atoms with Crippen molar-refractivity contribution in [2.24, 2.45) is 0 Å². The first kappa shape index (κ1) is 26.5. The maximum Gasteiger partial charge on any atom is 0.417 e. The zero-order chi connectivity index (χ0) is 27.0. The highest BCUT2D eigenvalue weighted by Gasteiger charge is 2.41. The average molecular weight is 549 g/mol. The number of benzene rings is 1. The third-order valence-corrected chi connectivity index (χ3v) is 7.88. The quantitative estimate of drug-likeness (QED) is 0.512. The van der Waals surface area contributed by atoms with Gasteiger partial charge in [0.1, 0.15) is 5.82 Å². The number of carbonyl (C=O) groups is 2. The van der Waals surface area contributed by atoms with Gasteiger partial charge in [0.2, 0.25) is 5.91 Å². The molecule has 2 saturated heterocycles. The van der Waals surface area contributed by atoms with Gasteiger partial charge in [-0.25, -0.2) is 9.78 Å². The van der Waals surface area contributed by atoms with Crippen molar-refractivity contribution in [2.75, 3.05) is 44.7 Å². The Balaban J connectivity index is 1.18. The SMILES string of the molecule is COC(=O)c1ccc(N2C3CCC2CN(CC(=O)N2CC=C(c4ccc(Cl)c(C(F)(F)F)c4)CC2)C3)nc1. The number of methoxy groups -OCH3 is 1. The molecule has 0 radical (unpaired) electrons. The molecule has 0 aliphatic carbocycles. The molecular formula is C27H28ClF3N4O3. The summed E-state index contributed by atoms with van der Waals surface area (Å²) in [4.78, 5) is 35.5. The number of alkyl halides is 3. The highest BCUT2D eigenvalue weighted by Crippen LogP contribution is 2.37. The van der Waals surface area contributed by atoms with Gasteiger partial charge in [-0.15, -0.1) is 0 Å². The highest BCUT2D eigenvalue weighted by molar-refractivity contribution is 6.31. The number of nitrogens with zero attached hydrogens (tertiary/aromatic N) is 4. The second-order valence-electron chi connectivity index (χ2n) is 9.89. The molecule has 5 rings (SSSR count). The fraction of sp³-hybridized carbons (Fsp3) is 0.444. The normalized spacial score (nSPS) is 21.9. The first-order valence-electron chi connectivity index (χ1n) is 12.5. The maximum absolute atomic E-state index is 13.2. The molecule has 2 fully saturated rings. The van der Waals surface area contributed by atoms with Gasteiger partial charge in [0.05, 0.1) is 29.8 Å². The number of amides is 1. The third-order valence-electron chi connectivity index (χ3n) is 7.55. The maximum atomic E-state index is 13.2. The van der Waals surface area contributed by atoms with Crippen LogP contribution in [-0.4, -0.2) is 78.6 Å². The number of likely N-dealkylation sites (tertiary alicyclic amines) is 1. The lowest BCUT2D eigenvalue weighted by atomic mass is 9.97. The summed E-state index contributed by atoms with van der Waals surface area (Å²) in [5, 5.41) is -0.322. The predicted molar refractivity (Wildman–Crippen MR) is 137 cm³/mol. The molecule has 1 aromatic heterocycles. The number of ether oxygens (including phenoxy) is 1. The molecule has 11 heteroatoms. The Hall–Kier alpha value is -3.11. The van der Waals surface area contributed by atoms with Crippen LogP contribution in [0.15, 0.2) is 42.6 Å². The van der Waals surface area contributed by atoms with E-state index in [1.165, 1.54) is 19.4 Å². The summed E-state index contributed by atoms with van der Waals surface area (Å²) in [6, 6.07) is 7.98. The summed E-state index contributed by atoms with van der Waals surface area (Å²) >= 11 is 5.75. The Morgan fingerprint density at radius 3 is 2.45 bits per heavy atom. The van der Waals surface area contributed by atoms with Crippen molar-refractivity contribution >= 4 is 34.9 Å². The number of fused-ring (bicyclic) bond motifs is 2. The van der Waals surface area contributed by atoms with Gasteiger partial charge >= 0.3 is 12.1 Å². The lowest BCUT2D eigenvalue weighted by Crippen LogP contribution is -2.56. The Labute approximate surface area is 223 Å². The van der Waals surface area contributed by atoms with E-state index in [4.69, 9.17) is 16.3 Å². The Bertz CT molecular complexity index is 1240. The van der Waals surface area contributed by atoms with Crippen LogP contribution in [0.5, 0.6) is 0 Å². The van der Waals surface area contributed by atoms with E-state index in [-0.39, 0.29) is 23.0 Å². The van der Waals surface area contributed by atoms with E-state index in [0.29, 0.717) is 37.2 Å². The summed E-state index contributed by atoms with van der Waals surface area (Å²) in [6.45, 7) is 2.60. The summed E-state index contributed by atoms with van der Waals surface area (Å²) in [5.74, 6) is 0.413. The number of rotatable bonds is 5.